The Bertz CT molecular complexity index is 1200. The summed E-state index contributed by atoms with van der Waals surface area (Å²) in [5.41, 5.74) is -1.65. The third-order valence-corrected chi connectivity index (χ3v) is 12.1. The van der Waals surface area contributed by atoms with Crippen LogP contribution in [0.1, 0.15) is 115 Å². The van der Waals surface area contributed by atoms with Gasteiger partial charge < -0.3 is 9.80 Å². The van der Waals surface area contributed by atoms with Crippen LogP contribution in [-0.2, 0) is 4.79 Å². The molecule has 4 nitrogen and oxygen atoms in total. The average molecular weight is 597 g/mol. The van der Waals surface area contributed by atoms with E-state index in [2.05, 4.69) is 20.8 Å². The Balaban J connectivity index is 1.45. The molecule has 2 amide bonds. The maximum atomic E-state index is 14.9. The Kier molecular flexibility index (Phi) is 8.72. The number of halogens is 5. The lowest BCUT2D eigenvalue weighted by Crippen LogP contribution is -2.62. The van der Waals surface area contributed by atoms with Gasteiger partial charge in [0, 0.05) is 32.1 Å². The molecule has 5 rings (SSSR count). The fourth-order valence-corrected chi connectivity index (χ4v) is 9.86. The van der Waals surface area contributed by atoms with Crippen molar-refractivity contribution in [1.82, 2.24) is 9.80 Å². The number of hydrogen-bond donors (Lipinski definition) is 0. The molecule has 1 heterocycles. The second kappa shape index (κ2) is 11.7. The first-order valence-corrected chi connectivity index (χ1v) is 16.0. The minimum Gasteiger partial charge on any atom is -0.342 e. The minimum atomic E-state index is -2.25. The standard InChI is InChI=1S/C33H45F5N2O2/c1-5-6-7-8-9-18-40(31(42)25-26(34)28(36)30(38)29(37)27(25)35)23-13-11-20-19-10-12-22-32(2,17-15-24(41)39(22)4)21(19)14-16-33(20,23)3/h19-23H,5-18H2,1-4H3/t19-,20-,21-,22+,23-,32+,33-/m0/s1. The van der Waals surface area contributed by atoms with E-state index < -0.39 is 40.6 Å². The van der Waals surface area contributed by atoms with Crippen molar-refractivity contribution in [2.24, 2.45) is 28.6 Å². The lowest BCUT2D eigenvalue weighted by Gasteiger charge is -2.62. The van der Waals surface area contributed by atoms with E-state index in [1.165, 1.54) is 4.90 Å². The van der Waals surface area contributed by atoms with Crippen LogP contribution in [-0.4, -0.2) is 47.3 Å². The van der Waals surface area contributed by atoms with Crippen LogP contribution in [0.4, 0.5) is 22.0 Å². The second-order valence-corrected chi connectivity index (χ2v) is 14.0. The first-order chi connectivity index (χ1) is 19.9. The minimum absolute atomic E-state index is 0.0230. The van der Waals surface area contributed by atoms with Crippen LogP contribution in [0.2, 0.25) is 0 Å². The molecule has 4 aliphatic rings. The number of unbranched alkanes of at least 4 members (excludes halogenated alkanes) is 4. The topological polar surface area (TPSA) is 40.6 Å². The molecule has 42 heavy (non-hydrogen) atoms. The maximum Gasteiger partial charge on any atom is 0.260 e. The van der Waals surface area contributed by atoms with E-state index in [0.717, 1.165) is 64.2 Å². The molecule has 3 saturated carbocycles. The van der Waals surface area contributed by atoms with Crippen LogP contribution in [0.25, 0.3) is 0 Å². The van der Waals surface area contributed by atoms with Gasteiger partial charge in [-0.25, -0.2) is 22.0 Å². The summed E-state index contributed by atoms with van der Waals surface area (Å²) >= 11 is 0. The number of carbonyl (C=O) groups is 2. The van der Waals surface area contributed by atoms with Gasteiger partial charge in [0.25, 0.3) is 5.91 Å². The number of benzene rings is 1. The molecule has 4 fully saturated rings. The number of fused-ring (bicyclic) bond motifs is 5. The van der Waals surface area contributed by atoms with E-state index in [-0.39, 0.29) is 41.3 Å². The van der Waals surface area contributed by atoms with Gasteiger partial charge in [-0.05, 0) is 80.0 Å². The van der Waals surface area contributed by atoms with Gasteiger partial charge in [0.05, 0.1) is 0 Å². The van der Waals surface area contributed by atoms with Gasteiger partial charge >= 0.3 is 0 Å². The van der Waals surface area contributed by atoms with Crippen molar-refractivity contribution in [3.8, 4) is 0 Å². The van der Waals surface area contributed by atoms with Gasteiger partial charge in [0.1, 0.15) is 5.56 Å². The van der Waals surface area contributed by atoms with Crippen molar-refractivity contribution in [3.63, 3.8) is 0 Å². The highest BCUT2D eigenvalue weighted by Gasteiger charge is 2.62. The molecule has 0 aromatic heterocycles. The molecule has 0 spiro atoms. The number of carbonyl (C=O) groups excluding carboxylic acids is 2. The average Bonchev–Trinajstić information content (AvgIpc) is 3.32. The van der Waals surface area contributed by atoms with Crippen molar-refractivity contribution < 1.29 is 31.5 Å². The van der Waals surface area contributed by atoms with E-state index in [4.69, 9.17) is 0 Å². The SMILES string of the molecule is CCCCCCCN(C(=O)c1c(F)c(F)c(F)c(F)c1F)[C@H]1CC[C@H]2[C@@H]3CC[C@H]4N(C)C(=O)CC[C@]4(C)[C@H]3CC[C@]12C. The van der Waals surface area contributed by atoms with Crippen molar-refractivity contribution >= 4 is 11.8 Å². The highest BCUT2D eigenvalue weighted by molar-refractivity contribution is 5.95. The van der Waals surface area contributed by atoms with E-state index in [0.29, 0.717) is 31.1 Å². The molecule has 1 aliphatic heterocycles. The second-order valence-electron chi connectivity index (χ2n) is 14.0. The Morgan fingerprint density at radius 3 is 2.10 bits per heavy atom. The van der Waals surface area contributed by atoms with Crippen LogP contribution in [0.5, 0.6) is 0 Å². The van der Waals surface area contributed by atoms with Gasteiger partial charge in [-0.1, -0.05) is 46.5 Å². The molecular formula is C33H45F5N2O2. The van der Waals surface area contributed by atoms with Crippen LogP contribution < -0.4 is 0 Å². The predicted octanol–water partition coefficient (Wildman–Crippen LogP) is 8.03. The zero-order valence-electron chi connectivity index (χ0n) is 25.4. The molecule has 9 heteroatoms. The van der Waals surface area contributed by atoms with E-state index in [9.17, 15) is 31.5 Å². The van der Waals surface area contributed by atoms with Crippen LogP contribution >= 0.6 is 0 Å². The number of piperidine rings is 1. The lowest BCUT2D eigenvalue weighted by molar-refractivity contribution is -0.158. The maximum absolute atomic E-state index is 14.9. The first kappa shape index (κ1) is 31.2. The third kappa shape index (κ3) is 4.85. The van der Waals surface area contributed by atoms with Crippen molar-refractivity contribution in [3.05, 3.63) is 34.6 Å². The van der Waals surface area contributed by atoms with Gasteiger partial charge in [0.2, 0.25) is 11.7 Å². The molecule has 3 aliphatic carbocycles. The van der Waals surface area contributed by atoms with E-state index >= 15 is 0 Å². The molecule has 7 atom stereocenters. The van der Waals surface area contributed by atoms with Crippen LogP contribution in [0.15, 0.2) is 0 Å². The molecule has 0 radical (unpaired) electrons. The summed E-state index contributed by atoms with van der Waals surface area (Å²) in [5, 5.41) is 0. The summed E-state index contributed by atoms with van der Waals surface area (Å²) in [6.45, 7) is 6.82. The lowest BCUT2D eigenvalue weighted by atomic mass is 9.47. The highest BCUT2D eigenvalue weighted by Crippen LogP contribution is 2.65. The van der Waals surface area contributed by atoms with E-state index in [1.54, 1.807) is 0 Å². The number of hydrogen-bond acceptors (Lipinski definition) is 2. The quantitative estimate of drug-likeness (QED) is 0.132. The summed E-state index contributed by atoms with van der Waals surface area (Å²) in [5.74, 6) is -10.3. The number of rotatable bonds is 8. The van der Waals surface area contributed by atoms with Crippen molar-refractivity contribution in [2.45, 2.75) is 116 Å². The molecule has 234 valence electrons. The Hall–Kier alpha value is -2.19. The zero-order chi connectivity index (χ0) is 30.6. The predicted molar refractivity (Wildman–Crippen MR) is 150 cm³/mol. The Morgan fingerprint density at radius 1 is 0.810 bits per heavy atom. The molecular weight excluding hydrogens is 551 g/mol. The molecule has 0 N–H and O–H groups in total. The zero-order valence-corrected chi connectivity index (χ0v) is 25.4. The molecule has 1 saturated heterocycles. The van der Waals surface area contributed by atoms with Gasteiger partial charge in [-0.3, -0.25) is 9.59 Å². The van der Waals surface area contributed by atoms with Gasteiger partial charge in [-0.15, -0.1) is 0 Å². The molecule has 0 bridgehead atoms. The third-order valence-electron chi connectivity index (χ3n) is 12.1. The highest BCUT2D eigenvalue weighted by atomic mass is 19.2. The summed E-state index contributed by atoms with van der Waals surface area (Å²) in [4.78, 5) is 29.8. The Labute approximate surface area is 246 Å². The fraction of sp³-hybridized carbons (Fsp3) is 0.758. The number of nitrogens with zero attached hydrogens (tertiary/aromatic N) is 2. The summed E-state index contributed by atoms with van der Waals surface area (Å²) in [6, 6.07) is -0.129. The summed E-state index contributed by atoms with van der Waals surface area (Å²) in [7, 11) is 1.92. The van der Waals surface area contributed by atoms with Crippen LogP contribution in [0.3, 0.4) is 0 Å². The Morgan fingerprint density at radius 2 is 1.43 bits per heavy atom. The first-order valence-electron chi connectivity index (χ1n) is 16.0. The van der Waals surface area contributed by atoms with Crippen molar-refractivity contribution in [2.75, 3.05) is 13.6 Å². The summed E-state index contributed by atoms with van der Waals surface area (Å²) in [6.07, 6.45) is 11.0. The van der Waals surface area contributed by atoms with Gasteiger partial charge in [-0.2, -0.15) is 0 Å². The number of amides is 2. The largest absolute Gasteiger partial charge is 0.342 e. The fourth-order valence-electron chi connectivity index (χ4n) is 9.86. The smallest absolute Gasteiger partial charge is 0.260 e. The molecule has 1 aromatic rings. The summed E-state index contributed by atoms with van der Waals surface area (Å²) < 4.78 is 72.0. The normalized spacial score (nSPS) is 34.2. The molecule has 0 unspecified atom stereocenters. The van der Waals surface area contributed by atoms with Crippen LogP contribution in [0, 0.1) is 57.7 Å². The van der Waals surface area contributed by atoms with E-state index in [1.807, 2.05) is 11.9 Å². The van der Waals surface area contributed by atoms with Gasteiger partial charge in [0.15, 0.2) is 23.3 Å². The molecule has 1 aromatic carbocycles. The van der Waals surface area contributed by atoms with Crippen molar-refractivity contribution in [1.29, 1.82) is 0 Å². The number of likely N-dealkylation sites (tertiary alicyclic amines) is 1. The monoisotopic (exact) mass is 596 g/mol.